The van der Waals surface area contributed by atoms with Crippen LogP contribution in [0.15, 0.2) is 0 Å². The van der Waals surface area contributed by atoms with Crippen molar-refractivity contribution in [3.05, 3.63) is 0 Å². The Morgan fingerprint density at radius 3 is 2.25 bits per heavy atom. The van der Waals surface area contributed by atoms with E-state index in [4.69, 9.17) is 5.11 Å². The molecular weight excluding hydrogens is 208 g/mol. The Bertz CT molecular complexity index is 396. The minimum atomic E-state index is -1.48. The third-order valence-corrected chi connectivity index (χ3v) is 5.03. The molecule has 0 amide bonds. The van der Waals surface area contributed by atoms with Gasteiger partial charge in [-0.05, 0) is 24.2 Å². The molecule has 0 saturated heterocycles. The lowest BCUT2D eigenvalue weighted by Gasteiger charge is -2.32. The van der Waals surface area contributed by atoms with Crippen LogP contribution in [0.2, 0.25) is 0 Å². The van der Waals surface area contributed by atoms with E-state index in [1.54, 1.807) is 0 Å². The number of carbonyl (C=O) groups is 3. The van der Waals surface area contributed by atoms with Gasteiger partial charge in [0.25, 0.3) is 5.78 Å². The summed E-state index contributed by atoms with van der Waals surface area (Å²) in [6, 6.07) is 0. The Morgan fingerprint density at radius 2 is 1.88 bits per heavy atom. The molecule has 2 fully saturated rings. The van der Waals surface area contributed by atoms with Crippen molar-refractivity contribution >= 4 is 17.5 Å². The molecule has 0 heterocycles. The zero-order valence-electron chi connectivity index (χ0n) is 9.74. The lowest BCUT2D eigenvalue weighted by Crippen LogP contribution is -2.37. The molecule has 0 unspecified atom stereocenters. The number of carbonyl (C=O) groups excluding carboxylic acids is 2. The van der Waals surface area contributed by atoms with Crippen LogP contribution in [0.3, 0.4) is 0 Å². The first-order valence-corrected chi connectivity index (χ1v) is 5.55. The molecule has 16 heavy (non-hydrogen) atoms. The molecule has 0 aromatic rings. The van der Waals surface area contributed by atoms with Crippen molar-refractivity contribution in [1.82, 2.24) is 0 Å². The van der Waals surface area contributed by atoms with Gasteiger partial charge in [-0.1, -0.05) is 20.8 Å². The number of hydrogen-bond acceptors (Lipinski definition) is 3. The van der Waals surface area contributed by atoms with Gasteiger partial charge in [-0.25, -0.2) is 4.79 Å². The minimum absolute atomic E-state index is 0.103. The predicted molar refractivity (Wildman–Crippen MR) is 55.8 cm³/mol. The highest BCUT2D eigenvalue weighted by Crippen LogP contribution is 2.65. The maximum Gasteiger partial charge on any atom is 0.372 e. The molecule has 0 aromatic heterocycles. The highest BCUT2D eigenvalue weighted by Gasteiger charge is 2.68. The summed E-state index contributed by atoms with van der Waals surface area (Å²) in [5.74, 6) is -3.59. The summed E-state index contributed by atoms with van der Waals surface area (Å²) < 4.78 is 0. The van der Waals surface area contributed by atoms with Crippen molar-refractivity contribution in [1.29, 1.82) is 0 Å². The summed E-state index contributed by atoms with van der Waals surface area (Å²) in [7, 11) is 0. The molecule has 0 radical (unpaired) electrons. The van der Waals surface area contributed by atoms with E-state index >= 15 is 0 Å². The molecule has 0 aliphatic heterocycles. The van der Waals surface area contributed by atoms with Gasteiger partial charge in [-0.15, -0.1) is 0 Å². The summed E-state index contributed by atoms with van der Waals surface area (Å²) >= 11 is 0. The fourth-order valence-electron chi connectivity index (χ4n) is 3.52. The van der Waals surface area contributed by atoms with E-state index in [0.717, 1.165) is 12.8 Å². The van der Waals surface area contributed by atoms with Gasteiger partial charge in [-0.2, -0.15) is 0 Å². The smallest absolute Gasteiger partial charge is 0.372 e. The van der Waals surface area contributed by atoms with E-state index in [1.165, 1.54) is 0 Å². The van der Waals surface area contributed by atoms with Crippen LogP contribution in [0.1, 0.15) is 33.6 Å². The maximum atomic E-state index is 12.2. The van der Waals surface area contributed by atoms with Gasteiger partial charge in [0.15, 0.2) is 5.78 Å². The molecular formula is C12H16O4. The summed E-state index contributed by atoms with van der Waals surface area (Å²) in [6.07, 6.45) is 1.55. The Morgan fingerprint density at radius 1 is 1.31 bits per heavy atom. The highest BCUT2D eigenvalue weighted by atomic mass is 16.4. The monoisotopic (exact) mass is 224 g/mol. The minimum Gasteiger partial charge on any atom is -0.475 e. The van der Waals surface area contributed by atoms with Crippen LogP contribution in [0, 0.1) is 22.7 Å². The van der Waals surface area contributed by atoms with Gasteiger partial charge in [0, 0.05) is 5.41 Å². The number of hydrogen-bond donors (Lipinski definition) is 1. The van der Waals surface area contributed by atoms with Crippen LogP contribution < -0.4 is 0 Å². The molecule has 0 aromatic carbocycles. The molecule has 2 aliphatic carbocycles. The van der Waals surface area contributed by atoms with Crippen LogP contribution in [-0.4, -0.2) is 22.6 Å². The van der Waals surface area contributed by atoms with Crippen molar-refractivity contribution in [2.75, 3.05) is 0 Å². The first-order chi connectivity index (χ1) is 7.23. The van der Waals surface area contributed by atoms with Crippen LogP contribution >= 0.6 is 0 Å². The topological polar surface area (TPSA) is 71.4 Å². The van der Waals surface area contributed by atoms with Crippen molar-refractivity contribution in [3.63, 3.8) is 0 Å². The largest absolute Gasteiger partial charge is 0.475 e. The van der Waals surface area contributed by atoms with Crippen LogP contribution in [-0.2, 0) is 14.4 Å². The van der Waals surface area contributed by atoms with Gasteiger partial charge in [-0.3, -0.25) is 9.59 Å². The number of ketones is 2. The molecule has 88 valence electrons. The van der Waals surface area contributed by atoms with Gasteiger partial charge in [0.1, 0.15) is 0 Å². The summed E-state index contributed by atoms with van der Waals surface area (Å²) in [5, 5.41) is 8.74. The second kappa shape index (κ2) is 2.93. The Hall–Kier alpha value is -1.19. The average Bonchev–Trinajstić information content (AvgIpc) is 2.48. The van der Waals surface area contributed by atoms with Gasteiger partial charge in [0.2, 0.25) is 0 Å². The normalized spacial score (nSPS) is 40.1. The van der Waals surface area contributed by atoms with E-state index in [0.29, 0.717) is 0 Å². The van der Waals surface area contributed by atoms with E-state index in [9.17, 15) is 14.4 Å². The van der Waals surface area contributed by atoms with Crippen molar-refractivity contribution in [2.45, 2.75) is 33.6 Å². The highest BCUT2D eigenvalue weighted by molar-refractivity contribution is 6.38. The number of carboxylic acids is 1. The zero-order chi connectivity index (χ0) is 12.3. The standard InChI is InChI=1S/C12H16O4/c1-11(2)6-4-5-12(11,3)9(14)7(6)8(13)10(15)16/h6-7H,4-5H2,1-3H3,(H,15,16)/t6-,7+,12-/m1/s1. The number of aliphatic carboxylic acids is 1. The molecule has 2 aliphatic rings. The van der Waals surface area contributed by atoms with Gasteiger partial charge in [0.05, 0.1) is 5.92 Å². The molecule has 0 spiro atoms. The van der Waals surface area contributed by atoms with Crippen LogP contribution in [0.25, 0.3) is 0 Å². The average molecular weight is 224 g/mol. The molecule has 4 heteroatoms. The Balaban J connectivity index is 2.44. The lowest BCUT2D eigenvalue weighted by atomic mass is 9.70. The predicted octanol–water partition coefficient (Wildman–Crippen LogP) is 1.28. The SMILES string of the molecule is CC1(C)[C@@H]2CC[C@]1(C)C(=O)[C@@H]2C(=O)C(=O)O. The van der Waals surface area contributed by atoms with E-state index in [1.807, 2.05) is 20.8 Å². The Labute approximate surface area is 94.0 Å². The zero-order valence-corrected chi connectivity index (χ0v) is 9.74. The number of Topliss-reactive ketones (excluding diaryl/α,β-unsaturated/α-hetero) is 2. The first kappa shape index (κ1) is 11.3. The van der Waals surface area contributed by atoms with E-state index < -0.39 is 23.1 Å². The van der Waals surface area contributed by atoms with Crippen LogP contribution in [0.4, 0.5) is 0 Å². The van der Waals surface area contributed by atoms with E-state index in [-0.39, 0.29) is 17.1 Å². The van der Waals surface area contributed by atoms with Crippen LogP contribution in [0.5, 0.6) is 0 Å². The molecule has 2 saturated carbocycles. The maximum absolute atomic E-state index is 12.2. The third kappa shape index (κ3) is 1.02. The third-order valence-electron chi connectivity index (χ3n) is 5.03. The second-order valence-corrected chi connectivity index (χ2v) is 5.71. The summed E-state index contributed by atoms with van der Waals surface area (Å²) in [4.78, 5) is 34.4. The molecule has 4 nitrogen and oxygen atoms in total. The number of carboxylic acid groups (broad SMARTS) is 1. The van der Waals surface area contributed by atoms with E-state index in [2.05, 4.69) is 0 Å². The van der Waals surface area contributed by atoms with Crippen molar-refractivity contribution < 1.29 is 19.5 Å². The first-order valence-electron chi connectivity index (χ1n) is 5.55. The molecule has 2 bridgehead atoms. The quantitative estimate of drug-likeness (QED) is 0.566. The van der Waals surface area contributed by atoms with Gasteiger partial charge < -0.3 is 5.11 Å². The fraction of sp³-hybridized carbons (Fsp3) is 0.750. The second-order valence-electron chi connectivity index (χ2n) is 5.71. The van der Waals surface area contributed by atoms with Gasteiger partial charge >= 0.3 is 5.97 Å². The fourth-order valence-corrected chi connectivity index (χ4v) is 3.52. The molecule has 1 N–H and O–H groups in total. The summed E-state index contributed by atoms with van der Waals surface area (Å²) in [6.45, 7) is 5.81. The van der Waals surface area contributed by atoms with Crippen molar-refractivity contribution in [2.24, 2.45) is 22.7 Å². The number of rotatable bonds is 2. The molecule has 3 atom stereocenters. The lowest BCUT2D eigenvalue weighted by molar-refractivity contribution is -0.154. The summed E-state index contributed by atoms with van der Waals surface area (Å²) in [5.41, 5.74) is -0.784. The Kier molecular flexibility index (Phi) is 2.07. The number of fused-ring (bicyclic) bond motifs is 2. The van der Waals surface area contributed by atoms with Crippen molar-refractivity contribution in [3.8, 4) is 0 Å². The molecule has 2 rings (SSSR count).